The first-order valence-electron chi connectivity index (χ1n) is 6.59. The van der Waals surface area contributed by atoms with Gasteiger partial charge in [0, 0.05) is 11.6 Å². The third kappa shape index (κ3) is 3.62. The van der Waals surface area contributed by atoms with Crippen LogP contribution in [0.15, 0.2) is 6.07 Å². The standard InChI is InChI=1S/C15H24ClNO2/c1-9(12(7-17)8-18)5-13-11(3)14(16)6-10(2)15(13)19-4/h6,9,12,18H,5,7-8,17H2,1-4H3. The Bertz CT molecular complexity index is 431. The van der Waals surface area contributed by atoms with Crippen LogP contribution in [0.3, 0.4) is 0 Å². The van der Waals surface area contributed by atoms with Gasteiger partial charge >= 0.3 is 0 Å². The quantitative estimate of drug-likeness (QED) is 0.845. The summed E-state index contributed by atoms with van der Waals surface area (Å²) in [7, 11) is 1.68. The van der Waals surface area contributed by atoms with E-state index < -0.39 is 0 Å². The molecule has 0 spiro atoms. The second-order valence-electron chi connectivity index (χ2n) is 5.17. The molecule has 1 aromatic rings. The zero-order chi connectivity index (χ0) is 14.6. The lowest BCUT2D eigenvalue weighted by Crippen LogP contribution is -2.26. The molecule has 19 heavy (non-hydrogen) atoms. The van der Waals surface area contributed by atoms with Gasteiger partial charge in [-0.05, 0) is 61.4 Å². The number of benzene rings is 1. The maximum Gasteiger partial charge on any atom is 0.125 e. The first kappa shape index (κ1) is 16.3. The first-order valence-corrected chi connectivity index (χ1v) is 6.97. The fourth-order valence-electron chi connectivity index (χ4n) is 2.42. The molecule has 0 aliphatic heterocycles. The van der Waals surface area contributed by atoms with E-state index in [0.717, 1.165) is 33.9 Å². The van der Waals surface area contributed by atoms with E-state index in [2.05, 4.69) is 6.92 Å². The van der Waals surface area contributed by atoms with Crippen molar-refractivity contribution < 1.29 is 9.84 Å². The average molecular weight is 286 g/mol. The fourth-order valence-corrected chi connectivity index (χ4v) is 2.70. The molecule has 0 amide bonds. The molecule has 0 fully saturated rings. The predicted octanol–water partition coefficient (Wildman–Crippen LogP) is 2.71. The highest BCUT2D eigenvalue weighted by Gasteiger charge is 2.20. The molecule has 2 atom stereocenters. The Balaban J connectivity index is 3.12. The van der Waals surface area contributed by atoms with Crippen LogP contribution >= 0.6 is 11.6 Å². The van der Waals surface area contributed by atoms with Crippen LogP contribution in [-0.4, -0.2) is 25.4 Å². The highest BCUT2D eigenvalue weighted by Crippen LogP contribution is 2.34. The Morgan fingerprint density at radius 1 is 1.42 bits per heavy atom. The highest BCUT2D eigenvalue weighted by molar-refractivity contribution is 6.31. The molecular weight excluding hydrogens is 262 g/mol. The Morgan fingerprint density at radius 2 is 2.05 bits per heavy atom. The number of hydrogen-bond acceptors (Lipinski definition) is 3. The van der Waals surface area contributed by atoms with Gasteiger partial charge in [-0.25, -0.2) is 0 Å². The van der Waals surface area contributed by atoms with Crippen molar-refractivity contribution in [2.24, 2.45) is 17.6 Å². The molecule has 4 heteroatoms. The zero-order valence-electron chi connectivity index (χ0n) is 12.2. The van der Waals surface area contributed by atoms with Gasteiger partial charge in [0.1, 0.15) is 5.75 Å². The van der Waals surface area contributed by atoms with Gasteiger partial charge in [-0.15, -0.1) is 0 Å². The smallest absolute Gasteiger partial charge is 0.125 e. The van der Waals surface area contributed by atoms with Crippen molar-refractivity contribution >= 4 is 11.6 Å². The van der Waals surface area contributed by atoms with Crippen molar-refractivity contribution in [2.75, 3.05) is 20.3 Å². The average Bonchev–Trinajstić information content (AvgIpc) is 2.37. The molecule has 3 N–H and O–H groups in total. The number of aryl methyl sites for hydroxylation is 1. The Morgan fingerprint density at radius 3 is 2.53 bits per heavy atom. The van der Waals surface area contributed by atoms with E-state index in [1.54, 1.807) is 7.11 Å². The molecular formula is C15H24ClNO2. The van der Waals surface area contributed by atoms with E-state index >= 15 is 0 Å². The Labute approximate surface area is 120 Å². The molecule has 0 saturated heterocycles. The van der Waals surface area contributed by atoms with Crippen molar-refractivity contribution in [3.8, 4) is 5.75 Å². The molecule has 108 valence electrons. The van der Waals surface area contributed by atoms with Crippen LogP contribution < -0.4 is 10.5 Å². The molecule has 0 aliphatic carbocycles. The molecule has 1 rings (SSSR count). The van der Waals surface area contributed by atoms with Crippen LogP contribution in [0.1, 0.15) is 23.6 Å². The maximum absolute atomic E-state index is 9.34. The molecule has 0 saturated carbocycles. The molecule has 0 bridgehead atoms. The van der Waals surface area contributed by atoms with E-state index in [0.29, 0.717) is 6.54 Å². The third-order valence-corrected chi connectivity index (χ3v) is 4.25. The van der Waals surface area contributed by atoms with Gasteiger partial charge in [-0.3, -0.25) is 0 Å². The summed E-state index contributed by atoms with van der Waals surface area (Å²) in [4.78, 5) is 0. The van der Waals surface area contributed by atoms with E-state index in [9.17, 15) is 5.11 Å². The van der Waals surface area contributed by atoms with Crippen LogP contribution in [0.5, 0.6) is 5.75 Å². The number of nitrogens with two attached hydrogens (primary N) is 1. The topological polar surface area (TPSA) is 55.5 Å². The van der Waals surface area contributed by atoms with Crippen LogP contribution in [0.25, 0.3) is 0 Å². The number of aliphatic hydroxyl groups excluding tert-OH is 1. The summed E-state index contributed by atoms with van der Waals surface area (Å²) in [6.45, 7) is 6.69. The number of ether oxygens (including phenoxy) is 1. The van der Waals surface area contributed by atoms with Crippen molar-refractivity contribution in [3.05, 3.63) is 27.8 Å². The van der Waals surface area contributed by atoms with Gasteiger partial charge in [0.25, 0.3) is 0 Å². The van der Waals surface area contributed by atoms with E-state index in [-0.39, 0.29) is 18.4 Å². The summed E-state index contributed by atoms with van der Waals surface area (Å²) in [6.07, 6.45) is 0.804. The minimum absolute atomic E-state index is 0.100. The molecule has 0 aliphatic rings. The lowest BCUT2D eigenvalue weighted by atomic mass is 9.86. The van der Waals surface area contributed by atoms with E-state index in [4.69, 9.17) is 22.1 Å². The van der Waals surface area contributed by atoms with E-state index in [1.165, 1.54) is 0 Å². The maximum atomic E-state index is 9.34. The molecule has 0 aromatic heterocycles. The van der Waals surface area contributed by atoms with Crippen LogP contribution in [0, 0.1) is 25.7 Å². The van der Waals surface area contributed by atoms with Crippen molar-refractivity contribution in [1.82, 2.24) is 0 Å². The highest BCUT2D eigenvalue weighted by atomic mass is 35.5. The molecule has 1 aromatic carbocycles. The van der Waals surface area contributed by atoms with Gasteiger partial charge in [-0.2, -0.15) is 0 Å². The zero-order valence-corrected chi connectivity index (χ0v) is 12.9. The number of halogens is 1. The fraction of sp³-hybridized carbons (Fsp3) is 0.600. The third-order valence-electron chi connectivity index (χ3n) is 3.86. The van der Waals surface area contributed by atoms with Crippen molar-refractivity contribution in [1.29, 1.82) is 0 Å². The lowest BCUT2D eigenvalue weighted by Gasteiger charge is -2.23. The summed E-state index contributed by atoms with van der Waals surface area (Å²) in [5.41, 5.74) is 8.89. The second kappa shape index (κ2) is 7.13. The summed E-state index contributed by atoms with van der Waals surface area (Å²) in [5, 5.41) is 10.1. The second-order valence-corrected chi connectivity index (χ2v) is 5.58. The van der Waals surface area contributed by atoms with Crippen LogP contribution in [-0.2, 0) is 6.42 Å². The number of rotatable bonds is 6. The van der Waals surface area contributed by atoms with Gasteiger partial charge in [-0.1, -0.05) is 18.5 Å². The van der Waals surface area contributed by atoms with Gasteiger partial charge < -0.3 is 15.6 Å². The van der Waals surface area contributed by atoms with Crippen molar-refractivity contribution in [3.63, 3.8) is 0 Å². The SMILES string of the molecule is COc1c(C)cc(Cl)c(C)c1CC(C)C(CN)CO. The summed E-state index contributed by atoms with van der Waals surface area (Å²) < 4.78 is 5.51. The summed E-state index contributed by atoms with van der Waals surface area (Å²) in [5.74, 6) is 1.27. The largest absolute Gasteiger partial charge is 0.496 e. The Hall–Kier alpha value is -0.770. The normalized spacial score (nSPS) is 14.3. The number of methoxy groups -OCH3 is 1. The monoisotopic (exact) mass is 285 g/mol. The van der Waals surface area contributed by atoms with Crippen molar-refractivity contribution in [2.45, 2.75) is 27.2 Å². The van der Waals surface area contributed by atoms with Crippen LogP contribution in [0.4, 0.5) is 0 Å². The Kier molecular flexibility index (Phi) is 6.11. The van der Waals surface area contributed by atoms with Crippen LogP contribution in [0.2, 0.25) is 5.02 Å². The molecule has 0 heterocycles. The van der Waals surface area contributed by atoms with Gasteiger partial charge in [0.15, 0.2) is 0 Å². The van der Waals surface area contributed by atoms with Gasteiger partial charge in [0.05, 0.1) is 7.11 Å². The molecule has 3 nitrogen and oxygen atoms in total. The first-order chi connectivity index (χ1) is 8.96. The lowest BCUT2D eigenvalue weighted by molar-refractivity contribution is 0.186. The summed E-state index contributed by atoms with van der Waals surface area (Å²) in [6, 6.07) is 1.93. The molecule has 0 radical (unpaired) electrons. The molecule has 2 unspecified atom stereocenters. The number of aliphatic hydroxyl groups is 1. The van der Waals surface area contributed by atoms with E-state index in [1.807, 2.05) is 19.9 Å². The number of hydrogen-bond donors (Lipinski definition) is 2. The predicted molar refractivity (Wildman–Crippen MR) is 80.0 cm³/mol. The summed E-state index contributed by atoms with van der Waals surface area (Å²) >= 11 is 6.25. The minimum atomic E-state index is 0.100. The minimum Gasteiger partial charge on any atom is -0.496 e. The van der Waals surface area contributed by atoms with Gasteiger partial charge in [0.2, 0.25) is 0 Å².